The molecule has 2 aromatic carbocycles. The number of hydrogen-bond donors (Lipinski definition) is 0. The number of likely N-dealkylation sites (N-methyl/N-ethyl adjacent to an activating group) is 1. The van der Waals surface area contributed by atoms with E-state index in [2.05, 4.69) is 51.0 Å². The molecule has 10 heteroatoms. The lowest BCUT2D eigenvalue weighted by atomic mass is 9.97. The minimum absolute atomic E-state index is 0.0577. The van der Waals surface area contributed by atoms with Gasteiger partial charge in [0.25, 0.3) is 0 Å². The summed E-state index contributed by atoms with van der Waals surface area (Å²) < 4.78 is 11.8. The van der Waals surface area contributed by atoms with Crippen molar-refractivity contribution in [1.29, 1.82) is 0 Å². The number of benzene rings is 2. The number of anilines is 1. The third-order valence-electron chi connectivity index (χ3n) is 8.63. The van der Waals surface area contributed by atoms with Gasteiger partial charge in [0.15, 0.2) is 0 Å². The Kier molecular flexibility index (Phi) is 8.18. The summed E-state index contributed by atoms with van der Waals surface area (Å²) in [6.45, 7) is 11.5. The monoisotopic (exact) mass is 592 g/mol. The van der Waals surface area contributed by atoms with E-state index < -0.39 is 5.60 Å². The van der Waals surface area contributed by atoms with E-state index in [1.165, 1.54) is 6.42 Å². The largest absolute Gasteiger partial charge is 0.462 e. The number of likely N-dealkylation sites (tertiary alicyclic amines) is 1. The van der Waals surface area contributed by atoms with Crippen LogP contribution in [0.4, 0.5) is 10.5 Å². The van der Waals surface area contributed by atoms with Crippen LogP contribution in [0.25, 0.3) is 10.8 Å². The molecule has 3 aromatic rings. The Morgan fingerprint density at radius 2 is 1.83 bits per heavy atom. The third-order valence-corrected chi connectivity index (χ3v) is 8.94. The van der Waals surface area contributed by atoms with Crippen LogP contribution in [-0.2, 0) is 11.3 Å². The van der Waals surface area contributed by atoms with Crippen LogP contribution < -0.4 is 9.64 Å². The number of halogens is 1. The second kappa shape index (κ2) is 11.9. The summed E-state index contributed by atoms with van der Waals surface area (Å²) >= 11 is 6.76. The van der Waals surface area contributed by atoms with E-state index in [1.54, 1.807) is 4.90 Å². The van der Waals surface area contributed by atoms with Crippen molar-refractivity contribution in [2.24, 2.45) is 0 Å². The van der Waals surface area contributed by atoms with Crippen molar-refractivity contribution >= 4 is 34.2 Å². The third kappa shape index (κ3) is 6.14. The Balaban J connectivity index is 1.27. The quantitative estimate of drug-likeness (QED) is 0.391. The molecule has 9 nitrogen and oxygen atoms in total. The molecule has 1 unspecified atom stereocenters. The molecule has 0 aliphatic carbocycles. The van der Waals surface area contributed by atoms with Crippen LogP contribution in [0.2, 0.25) is 5.02 Å². The number of hydrogen-bond acceptors (Lipinski definition) is 8. The molecule has 0 spiro atoms. The van der Waals surface area contributed by atoms with Gasteiger partial charge in [0.05, 0.1) is 23.3 Å². The highest BCUT2D eigenvalue weighted by molar-refractivity contribution is 6.36. The number of carbonyl (C=O) groups excluding carboxylic acids is 1. The average Bonchev–Trinajstić information content (AvgIpc) is 3.38. The zero-order valence-corrected chi connectivity index (χ0v) is 25.8. The summed E-state index contributed by atoms with van der Waals surface area (Å²) in [4.78, 5) is 31.3. The first-order chi connectivity index (χ1) is 20.2. The van der Waals surface area contributed by atoms with Gasteiger partial charge in [-0.05, 0) is 64.7 Å². The van der Waals surface area contributed by atoms with Crippen LogP contribution in [0.3, 0.4) is 0 Å². The molecule has 6 rings (SSSR count). The van der Waals surface area contributed by atoms with Crippen molar-refractivity contribution in [3.05, 3.63) is 58.9 Å². The van der Waals surface area contributed by atoms with Gasteiger partial charge in [-0.1, -0.05) is 35.9 Å². The second-order valence-corrected chi connectivity index (χ2v) is 13.1. The molecule has 4 heterocycles. The van der Waals surface area contributed by atoms with Crippen LogP contribution in [0, 0.1) is 0 Å². The number of piperazine rings is 1. The van der Waals surface area contributed by atoms with Crippen molar-refractivity contribution in [2.45, 2.75) is 57.8 Å². The predicted molar refractivity (Wildman–Crippen MR) is 165 cm³/mol. The van der Waals surface area contributed by atoms with Gasteiger partial charge < -0.3 is 24.2 Å². The summed E-state index contributed by atoms with van der Waals surface area (Å²) in [7, 11) is 2.15. The number of amides is 1. The summed E-state index contributed by atoms with van der Waals surface area (Å²) in [6, 6.07) is 13.3. The topological polar surface area (TPSA) is 74.3 Å². The van der Waals surface area contributed by atoms with E-state index in [1.807, 2.05) is 39.1 Å². The Hall–Kier alpha value is -3.14. The van der Waals surface area contributed by atoms with Crippen molar-refractivity contribution in [1.82, 2.24) is 24.7 Å². The Labute approximate surface area is 253 Å². The lowest BCUT2D eigenvalue weighted by Crippen LogP contribution is -2.53. The summed E-state index contributed by atoms with van der Waals surface area (Å²) in [5.74, 6) is 0. The standard InChI is InChI=1S/C32H41ClN6O3/c1-32(2,3)42-31(40)38-16-14-37(15-17-38)28-20-39(27-12-6-9-22-8-5-11-25(33)29(22)27)19-26-24(28)18-34-30(35-26)41-21-23-10-7-13-36(23)4/h5-6,8-9,11-12,18,23,28H,7,10,13-17,19-21H2,1-4H3/t23-,28?/m0/s1. The Bertz CT molecular complexity index is 1430. The average molecular weight is 593 g/mol. The van der Waals surface area contributed by atoms with Crippen LogP contribution in [0.5, 0.6) is 6.01 Å². The molecule has 1 amide bonds. The second-order valence-electron chi connectivity index (χ2n) is 12.7. The Morgan fingerprint density at radius 1 is 1.07 bits per heavy atom. The molecule has 0 N–H and O–H groups in total. The minimum atomic E-state index is -0.513. The molecule has 2 atom stereocenters. The first-order valence-electron chi connectivity index (χ1n) is 15.0. The molecular weight excluding hydrogens is 552 g/mol. The summed E-state index contributed by atoms with van der Waals surface area (Å²) in [5, 5.41) is 2.90. The number of fused-ring (bicyclic) bond motifs is 2. The van der Waals surface area contributed by atoms with Crippen LogP contribution in [0.1, 0.15) is 50.9 Å². The van der Waals surface area contributed by atoms with E-state index in [0.717, 1.165) is 65.3 Å². The van der Waals surface area contributed by atoms with Gasteiger partial charge in [-0.2, -0.15) is 4.98 Å². The maximum atomic E-state index is 12.7. The lowest BCUT2D eigenvalue weighted by Gasteiger charge is -2.44. The SMILES string of the molecule is CN1CCC[C@H]1COc1ncc2c(n1)CN(c1cccc3cccc(Cl)c13)CC2N1CCN(C(=O)OC(C)(C)C)CC1. The number of aromatic nitrogens is 2. The number of ether oxygens (including phenoxy) is 2. The first-order valence-corrected chi connectivity index (χ1v) is 15.4. The highest BCUT2D eigenvalue weighted by Gasteiger charge is 2.36. The van der Waals surface area contributed by atoms with Gasteiger partial charge in [0.1, 0.15) is 12.2 Å². The van der Waals surface area contributed by atoms with Crippen molar-refractivity contribution in [3.63, 3.8) is 0 Å². The van der Waals surface area contributed by atoms with Crippen LogP contribution >= 0.6 is 11.6 Å². The highest BCUT2D eigenvalue weighted by atomic mass is 35.5. The molecule has 42 heavy (non-hydrogen) atoms. The van der Waals surface area contributed by atoms with Crippen LogP contribution in [0.15, 0.2) is 42.6 Å². The molecule has 3 aliphatic rings. The van der Waals surface area contributed by atoms with Gasteiger partial charge in [0, 0.05) is 61.6 Å². The molecule has 3 aliphatic heterocycles. The van der Waals surface area contributed by atoms with E-state index in [-0.39, 0.29) is 12.1 Å². The van der Waals surface area contributed by atoms with E-state index in [4.69, 9.17) is 26.1 Å². The van der Waals surface area contributed by atoms with Gasteiger partial charge in [0.2, 0.25) is 0 Å². The maximum Gasteiger partial charge on any atom is 0.410 e. The predicted octanol–water partition coefficient (Wildman–Crippen LogP) is 5.37. The maximum absolute atomic E-state index is 12.7. The van der Waals surface area contributed by atoms with Gasteiger partial charge in [-0.15, -0.1) is 0 Å². The van der Waals surface area contributed by atoms with E-state index >= 15 is 0 Å². The molecule has 1 aromatic heterocycles. The number of carbonyl (C=O) groups is 1. The zero-order valence-electron chi connectivity index (χ0n) is 25.1. The number of nitrogens with zero attached hydrogens (tertiary/aromatic N) is 6. The van der Waals surface area contributed by atoms with Crippen molar-refractivity contribution in [3.8, 4) is 6.01 Å². The fourth-order valence-corrected chi connectivity index (χ4v) is 6.65. The summed E-state index contributed by atoms with van der Waals surface area (Å²) in [5.41, 5.74) is 2.67. The molecule has 224 valence electrons. The van der Waals surface area contributed by atoms with Crippen molar-refractivity contribution in [2.75, 3.05) is 57.8 Å². The van der Waals surface area contributed by atoms with Gasteiger partial charge in [-0.3, -0.25) is 4.90 Å². The number of rotatable bonds is 5. The highest BCUT2D eigenvalue weighted by Crippen LogP contribution is 2.39. The van der Waals surface area contributed by atoms with Gasteiger partial charge in [-0.25, -0.2) is 9.78 Å². The zero-order chi connectivity index (χ0) is 29.4. The van der Waals surface area contributed by atoms with Gasteiger partial charge >= 0.3 is 12.1 Å². The minimum Gasteiger partial charge on any atom is -0.462 e. The van der Waals surface area contributed by atoms with E-state index in [0.29, 0.717) is 38.3 Å². The van der Waals surface area contributed by atoms with E-state index in [9.17, 15) is 4.79 Å². The molecule has 0 bridgehead atoms. The fraction of sp³-hybridized carbons (Fsp3) is 0.531. The lowest BCUT2D eigenvalue weighted by molar-refractivity contribution is 0.0101. The first kappa shape index (κ1) is 29.0. The van der Waals surface area contributed by atoms with Crippen molar-refractivity contribution < 1.29 is 14.3 Å². The molecular formula is C32H41ClN6O3. The summed E-state index contributed by atoms with van der Waals surface area (Å²) in [6.07, 6.45) is 4.03. The normalized spacial score (nSPS) is 21.9. The molecule has 2 saturated heterocycles. The smallest absolute Gasteiger partial charge is 0.410 e. The molecule has 2 fully saturated rings. The molecule has 0 radical (unpaired) electrons. The Morgan fingerprint density at radius 3 is 2.55 bits per heavy atom. The fourth-order valence-electron chi connectivity index (χ4n) is 6.37. The van der Waals surface area contributed by atoms with Crippen LogP contribution in [-0.4, -0.2) is 95.3 Å². The molecule has 0 saturated carbocycles.